The van der Waals surface area contributed by atoms with Crippen molar-refractivity contribution in [1.82, 2.24) is 14.5 Å². The number of aromatic nitrogens is 3. The Hall–Kier alpha value is -3.33. The minimum Gasteiger partial charge on any atom is -0.485 e. The Bertz CT molecular complexity index is 1210. The predicted octanol–water partition coefficient (Wildman–Crippen LogP) is 3.09. The molecule has 0 saturated carbocycles. The number of aryl methyl sites for hydroxylation is 2. The number of aliphatic imine (C=N–C) groups is 1. The lowest BCUT2D eigenvalue weighted by Crippen LogP contribution is -2.24. The fourth-order valence-electron chi connectivity index (χ4n) is 2.79. The quantitative estimate of drug-likeness (QED) is 0.492. The maximum absolute atomic E-state index is 13.8. The van der Waals surface area contributed by atoms with E-state index in [1.807, 2.05) is 0 Å². The molecule has 7 nitrogen and oxygen atoms in total. The summed E-state index contributed by atoms with van der Waals surface area (Å²) in [4.78, 5) is 24.7. The first-order valence-corrected chi connectivity index (χ1v) is 9.15. The van der Waals surface area contributed by atoms with E-state index in [1.54, 1.807) is 32.2 Å². The van der Waals surface area contributed by atoms with Gasteiger partial charge in [-0.25, -0.2) is 8.78 Å². The Morgan fingerprint density at radius 1 is 1.23 bits per heavy atom. The summed E-state index contributed by atoms with van der Waals surface area (Å²) in [6, 6.07) is 3.88. The Labute approximate surface area is 175 Å². The predicted molar refractivity (Wildman–Crippen MR) is 109 cm³/mol. The van der Waals surface area contributed by atoms with Gasteiger partial charge in [0.25, 0.3) is 5.56 Å². The minimum absolute atomic E-state index is 0.0579. The SMILES string of the molecule is CN=C(N)c1cc(-n2c(C)cc(OCc3ncc(F)cc3F)c(Cl)c2=O)c(C)cn1. The van der Waals surface area contributed by atoms with Crippen LogP contribution < -0.4 is 16.0 Å². The zero-order chi connectivity index (χ0) is 22.0. The lowest BCUT2D eigenvalue weighted by atomic mass is 10.2. The molecule has 3 heterocycles. The fourth-order valence-corrected chi connectivity index (χ4v) is 2.98. The molecule has 10 heteroatoms. The summed E-state index contributed by atoms with van der Waals surface area (Å²) in [5, 5.41) is -0.196. The second kappa shape index (κ2) is 8.58. The van der Waals surface area contributed by atoms with Gasteiger partial charge in [-0.3, -0.25) is 24.3 Å². The van der Waals surface area contributed by atoms with Gasteiger partial charge in [-0.15, -0.1) is 0 Å². The van der Waals surface area contributed by atoms with Gasteiger partial charge in [-0.05, 0) is 25.5 Å². The van der Waals surface area contributed by atoms with E-state index in [2.05, 4.69) is 15.0 Å². The number of halogens is 3. The molecule has 3 aromatic heterocycles. The standard InChI is InChI=1S/C20H18ClF2N5O2/c1-10-7-26-14(19(24)25-3)6-16(10)28-11(2)4-17(18(21)20(28)29)30-9-15-13(23)5-12(22)8-27-15/h4-8H,9H2,1-3H3,(H2,24,25). The van der Waals surface area contributed by atoms with E-state index in [0.29, 0.717) is 23.1 Å². The number of amidine groups is 1. The Balaban J connectivity index is 2.01. The molecule has 0 saturated heterocycles. The molecule has 0 spiro atoms. The Morgan fingerprint density at radius 3 is 2.63 bits per heavy atom. The molecule has 0 unspecified atom stereocenters. The molecule has 0 amide bonds. The van der Waals surface area contributed by atoms with Crippen LogP contribution in [0.25, 0.3) is 5.69 Å². The van der Waals surface area contributed by atoms with Gasteiger partial charge in [0.2, 0.25) is 0 Å². The minimum atomic E-state index is -0.855. The van der Waals surface area contributed by atoms with Crippen LogP contribution in [0.5, 0.6) is 5.75 Å². The van der Waals surface area contributed by atoms with Crippen molar-refractivity contribution in [3.8, 4) is 11.4 Å². The van der Waals surface area contributed by atoms with E-state index in [-0.39, 0.29) is 28.9 Å². The molecule has 0 radical (unpaired) electrons. The number of hydrogen-bond donors (Lipinski definition) is 1. The van der Waals surface area contributed by atoms with Crippen LogP contribution in [0.15, 0.2) is 40.4 Å². The third-order valence-electron chi connectivity index (χ3n) is 4.37. The van der Waals surface area contributed by atoms with Gasteiger partial charge in [-0.2, -0.15) is 0 Å². The molecular weight excluding hydrogens is 416 g/mol. The molecule has 0 aliphatic heterocycles. The van der Waals surface area contributed by atoms with Crippen LogP contribution in [0.4, 0.5) is 8.78 Å². The first kappa shape index (κ1) is 21.4. The molecule has 0 aliphatic carbocycles. The summed E-state index contributed by atoms with van der Waals surface area (Å²) in [6.45, 7) is 3.16. The van der Waals surface area contributed by atoms with E-state index in [1.165, 1.54) is 11.6 Å². The summed E-state index contributed by atoms with van der Waals surface area (Å²) in [5.74, 6) is -1.37. The van der Waals surface area contributed by atoms with Gasteiger partial charge in [0, 0.05) is 31.1 Å². The third-order valence-corrected chi connectivity index (χ3v) is 4.72. The van der Waals surface area contributed by atoms with Gasteiger partial charge < -0.3 is 10.5 Å². The Morgan fingerprint density at radius 2 is 1.97 bits per heavy atom. The second-order valence-corrected chi connectivity index (χ2v) is 6.82. The summed E-state index contributed by atoms with van der Waals surface area (Å²) in [7, 11) is 1.54. The van der Waals surface area contributed by atoms with Crippen molar-refractivity contribution < 1.29 is 13.5 Å². The van der Waals surface area contributed by atoms with Crippen LogP contribution in [-0.4, -0.2) is 27.4 Å². The highest BCUT2D eigenvalue weighted by atomic mass is 35.5. The molecule has 3 aromatic rings. The third kappa shape index (κ3) is 4.16. The summed E-state index contributed by atoms with van der Waals surface area (Å²) in [6.07, 6.45) is 2.46. The largest absolute Gasteiger partial charge is 0.485 e. The van der Waals surface area contributed by atoms with Gasteiger partial charge in [0.05, 0.1) is 11.9 Å². The average molecular weight is 434 g/mol. The van der Waals surface area contributed by atoms with E-state index in [9.17, 15) is 13.6 Å². The first-order chi connectivity index (χ1) is 14.2. The second-order valence-electron chi connectivity index (χ2n) is 6.44. The molecule has 0 aromatic carbocycles. The van der Waals surface area contributed by atoms with Crippen molar-refractivity contribution >= 4 is 17.4 Å². The van der Waals surface area contributed by atoms with E-state index in [0.717, 1.165) is 11.8 Å². The van der Waals surface area contributed by atoms with Crippen molar-refractivity contribution in [2.75, 3.05) is 7.05 Å². The smallest absolute Gasteiger partial charge is 0.277 e. The van der Waals surface area contributed by atoms with E-state index in [4.69, 9.17) is 22.1 Å². The number of ether oxygens (including phenoxy) is 1. The van der Waals surface area contributed by atoms with Crippen LogP contribution in [-0.2, 0) is 6.61 Å². The maximum atomic E-state index is 13.8. The number of hydrogen-bond acceptors (Lipinski definition) is 5. The van der Waals surface area contributed by atoms with Crippen molar-refractivity contribution in [3.63, 3.8) is 0 Å². The highest BCUT2D eigenvalue weighted by Gasteiger charge is 2.17. The van der Waals surface area contributed by atoms with Gasteiger partial charge in [0.1, 0.15) is 40.4 Å². The van der Waals surface area contributed by atoms with Crippen molar-refractivity contribution in [1.29, 1.82) is 0 Å². The summed E-state index contributed by atoms with van der Waals surface area (Å²) >= 11 is 6.24. The van der Waals surface area contributed by atoms with Crippen molar-refractivity contribution in [2.24, 2.45) is 10.7 Å². The Kier molecular flexibility index (Phi) is 6.12. The molecule has 30 heavy (non-hydrogen) atoms. The highest BCUT2D eigenvalue weighted by Crippen LogP contribution is 2.25. The molecule has 0 fully saturated rings. The maximum Gasteiger partial charge on any atom is 0.277 e. The summed E-state index contributed by atoms with van der Waals surface area (Å²) in [5.41, 5.74) is 7.37. The van der Waals surface area contributed by atoms with Crippen molar-refractivity contribution in [2.45, 2.75) is 20.5 Å². The van der Waals surface area contributed by atoms with Crippen LogP contribution in [0, 0.1) is 25.5 Å². The molecule has 156 valence electrons. The zero-order valence-electron chi connectivity index (χ0n) is 16.4. The molecule has 2 N–H and O–H groups in total. The van der Waals surface area contributed by atoms with Gasteiger partial charge >= 0.3 is 0 Å². The number of nitrogens with two attached hydrogens (primary N) is 1. The van der Waals surface area contributed by atoms with Crippen LogP contribution in [0.3, 0.4) is 0 Å². The van der Waals surface area contributed by atoms with Crippen molar-refractivity contribution in [3.05, 3.63) is 80.2 Å². The number of pyridine rings is 3. The normalized spacial score (nSPS) is 11.6. The fraction of sp³-hybridized carbons (Fsp3) is 0.200. The lowest BCUT2D eigenvalue weighted by molar-refractivity contribution is 0.292. The molecule has 0 aliphatic rings. The molecule has 0 bridgehead atoms. The van der Waals surface area contributed by atoms with Crippen LogP contribution in [0.1, 0.15) is 22.6 Å². The van der Waals surface area contributed by atoms with E-state index < -0.39 is 17.2 Å². The highest BCUT2D eigenvalue weighted by molar-refractivity contribution is 6.31. The summed E-state index contributed by atoms with van der Waals surface area (Å²) < 4.78 is 33.6. The van der Waals surface area contributed by atoms with Crippen LogP contribution in [0.2, 0.25) is 5.02 Å². The van der Waals surface area contributed by atoms with Gasteiger partial charge in [0.15, 0.2) is 5.82 Å². The number of rotatable bonds is 5. The lowest BCUT2D eigenvalue weighted by Gasteiger charge is -2.16. The number of nitrogens with zero attached hydrogens (tertiary/aromatic N) is 4. The monoisotopic (exact) mass is 433 g/mol. The average Bonchev–Trinajstić information content (AvgIpc) is 2.71. The molecule has 0 atom stereocenters. The molecule has 3 rings (SSSR count). The van der Waals surface area contributed by atoms with E-state index >= 15 is 0 Å². The topological polar surface area (TPSA) is 95.4 Å². The van der Waals surface area contributed by atoms with Crippen LogP contribution >= 0.6 is 11.6 Å². The van der Waals surface area contributed by atoms with Gasteiger partial charge in [-0.1, -0.05) is 11.6 Å². The first-order valence-electron chi connectivity index (χ1n) is 8.77. The zero-order valence-corrected chi connectivity index (χ0v) is 17.2. The molecular formula is C20H18ClF2N5O2.